The van der Waals surface area contributed by atoms with E-state index < -0.39 is 22.0 Å². The topological polar surface area (TPSA) is 86.8 Å². The highest BCUT2D eigenvalue weighted by Gasteiger charge is 2.30. The van der Waals surface area contributed by atoms with E-state index in [2.05, 4.69) is 5.32 Å². The van der Waals surface area contributed by atoms with Gasteiger partial charge in [-0.05, 0) is 37.0 Å². The van der Waals surface area contributed by atoms with Crippen molar-refractivity contribution in [3.63, 3.8) is 0 Å². The van der Waals surface area contributed by atoms with E-state index in [9.17, 15) is 18.0 Å². The quantitative estimate of drug-likeness (QED) is 0.479. The van der Waals surface area contributed by atoms with Crippen LogP contribution in [0.5, 0.6) is 0 Å². The number of anilines is 1. The first-order chi connectivity index (χ1) is 15.7. The zero-order valence-electron chi connectivity index (χ0n) is 20.0. The van der Waals surface area contributed by atoms with Crippen molar-refractivity contribution in [1.82, 2.24) is 10.2 Å². The van der Waals surface area contributed by atoms with E-state index in [0.29, 0.717) is 18.7 Å². The lowest BCUT2D eigenvalue weighted by atomic mass is 10.1. The maximum atomic E-state index is 13.5. The number of nitrogens with zero attached hydrogens (tertiary/aromatic N) is 2. The monoisotopic (exact) mass is 473 g/mol. The van der Waals surface area contributed by atoms with Gasteiger partial charge in [-0.3, -0.25) is 13.9 Å². The van der Waals surface area contributed by atoms with Gasteiger partial charge in [0, 0.05) is 13.1 Å². The van der Waals surface area contributed by atoms with Crippen molar-refractivity contribution >= 4 is 27.5 Å². The Bertz CT molecular complexity index is 1020. The summed E-state index contributed by atoms with van der Waals surface area (Å²) in [6.07, 6.45) is 3.51. The summed E-state index contributed by atoms with van der Waals surface area (Å²) in [5.41, 5.74) is 2.17. The maximum Gasteiger partial charge on any atom is 0.244 e. The molecule has 2 aromatic carbocycles. The predicted molar refractivity (Wildman–Crippen MR) is 132 cm³/mol. The Labute approximate surface area is 197 Å². The molecule has 2 rings (SSSR count). The van der Waals surface area contributed by atoms with Gasteiger partial charge in [0.05, 0.1) is 11.9 Å². The SMILES string of the molecule is CCCCNC(=O)C(C)N(Cc1ccccc1)C(=O)CN(c1ccccc1CC)S(C)(=O)=O. The van der Waals surface area contributed by atoms with E-state index in [1.807, 2.05) is 56.3 Å². The van der Waals surface area contributed by atoms with Crippen LogP contribution in [0.4, 0.5) is 5.69 Å². The van der Waals surface area contributed by atoms with Crippen LogP contribution >= 0.6 is 0 Å². The molecule has 0 fully saturated rings. The number of unbranched alkanes of at least 4 members (excludes halogenated alkanes) is 1. The predicted octanol–water partition coefficient (Wildman–Crippen LogP) is 3.35. The highest BCUT2D eigenvalue weighted by molar-refractivity contribution is 7.92. The van der Waals surface area contributed by atoms with Crippen LogP contribution in [0.25, 0.3) is 0 Å². The number of benzene rings is 2. The molecule has 0 heterocycles. The van der Waals surface area contributed by atoms with Crippen LogP contribution in [0, 0.1) is 0 Å². The number of carbonyl (C=O) groups excluding carboxylic acids is 2. The molecular weight excluding hydrogens is 438 g/mol. The smallest absolute Gasteiger partial charge is 0.244 e. The second kappa shape index (κ2) is 12.4. The number of sulfonamides is 1. The highest BCUT2D eigenvalue weighted by atomic mass is 32.2. The third kappa shape index (κ3) is 7.60. The van der Waals surface area contributed by atoms with Gasteiger partial charge in [0.2, 0.25) is 21.8 Å². The molecule has 1 N–H and O–H groups in total. The summed E-state index contributed by atoms with van der Waals surface area (Å²) in [7, 11) is -3.73. The Morgan fingerprint density at radius 3 is 2.24 bits per heavy atom. The van der Waals surface area contributed by atoms with Gasteiger partial charge in [0.1, 0.15) is 12.6 Å². The minimum atomic E-state index is -3.73. The first-order valence-electron chi connectivity index (χ1n) is 11.4. The summed E-state index contributed by atoms with van der Waals surface area (Å²) in [4.78, 5) is 27.7. The molecular formula is C25H35N3O4S. The van der Waals surface area contributed by atoms with Gasteiger partial charge in [-0.1, -0.05) is 68.8 Å². The fourth-order valence-electron chi connectivity index (χ4n) is 3.55. The van der Waals surface area contributed by atoms with Crippen molar-refractivity contribution in [2.45, 2.75) is 52.6 Å². The van der Waals surface area contributed by atoms with Crippen molar-refractivity contribution < 1.29 is 18.0 Å². The van der Waals surface area contributed by atoms with E-state index in [4.69, 9.17) is 0 Å². The maximum absolute atomic E-state index is 13.5. The number of rotatable bonds is 12. The molecule has 1 unspecified atom stereocenters. The summed E-state index contributed by atoms with van der Waals surface area (Å²) in [5.74, 6) is -0.694. The van der Waals surface area contributed by atoms with Crippen LogP contribution in [0.1, 0.15) is 44.7 Å². The summed E-state index contributed by atoms with van der Waals surface area (Å²) in [6, 6.07) is 15.8. The summed E-state index contributed by atoms with van der Waals surface area (Å²) < 4.78 is 26.5. The summed E-state index contributed by atoms with van der Waals surface area (Å²) in [5, 5.41) is 2.87. The molecule has 180 valence electrons. The molecule has 1 atom stereocenters. The Morgan fingerprint density at radius 2 is 1.64 bits per heavy atom. The van der Waals surface area contributed by atoms with E-state index in [1.165, 1.54) is 4.90 Å². The van der Waals surface area contributed by atoms with Gasteiger partial charge in [-0.15, -0.1) is 0 Å². The zero-order valence-corrected chi connectivity index (χ0v) is 20.8. The molecule has 0 aromatic heterocycles. The van der Waals surface area contributed by atoms with Crippen LogP contribution < -0.4 is 9.62 Å². The molecule has 33 heavy (non-hydrogen) atoms. The van der Waals surface area contributed by atoms with Gasteiger partial charge in [-0.25, -0.2) is 8.42 Å². The molecule has 2 amide bonds. The fourth-order valence-corrected chi connectivity index (χ4v) is 4.43. The highest BCUT2D eigenvalue weighted by Crippen LogP contribution is 2.24. The fraction of sp³-hybridized carbons (Fsp3) is 0.440. The normalized spacial score (nSPS) is 12.1. The van der Waals surface area contributed by atoms with Crippen molar-refractivity contribution in [2.75, 3.05) is 23.7 Å². The van der Waals surface area contributed by atoms with Crippen LogP contribution in [-0.2, 0) is 32.6 Å². The largest absolute Gasteiger partial charge is 0.354 e. The first-order valence-corrected chi connectivity index (χ1v) is 13.2. The van der Waals surface area contributed by atoms with E-state index in [-0.39, 0.29) is 19.0 Å². The third-order valence-corrected chi connectivity index (χ3v) is 6.64. The molecule has 0 bridgehead atoms. The van der Waals surface area contributed by atoms with Gasteiger partial charge >= 0.3 is 0 Å². The number of carbonyl (C=O) groups is 2. The molecule has 0 saturated carbocycles. The van der Waals surface area contributed by atoms with Crippen LogP contribution in [-0.4, -0.2) is 50.5 Å². The second-order valence-electron chi connectivity index (χ2n) is 8.08. The molecule has 0 radical (unpaired) electrons. The molecule has 2 aromatic rings. The van der Waals surface area contributed by atoms with Crippen molar-refractivity contribution in [3.8, 4) is 0 Å². The van der Waals surface area contributed by atoms with Crippen molar-refractivity contribution in [2.24, 2.45) is 0 Å². The average Bonchev–Trinajstić information content (AvgIpc) is 2.80. The van der Waals surface area contributed by atoms with Crippen molar-refractivity contribution in [3.05, 3.63) is 65.7 Å². The molecule has 7 nitrogen and oxygen atoms in total. The zero-order chi connectivity index (χ0) is 24.4. The lowest BCUT2D eigenvalue weighted by molar-refractivity contribution is -0.139. The Kier molecular flexibility index (Phi) is 9.91. The minimum absolute atomic E-state index is 0.203. The van der Waals surface area contributed by atoms with Gasteiger partial charge in [0.25, 0.3) is 0 Å². The second-order valence-corrected chi connectivity index (χ2v) is 9.99. The minimum Gasteiger partial charge on any atom is -0.354 e. The molecule has 0 saturated heterocycles. The van der Waals surface area contributed by atoms with E-state index >= 15 is 0 Å². The lowest BCUT2D eigenvalue weighted by Crippen LogP contribution is -2.51. The Balaban J connectivity index is 2.35. The van der Waals surface area contributed by atoms with Gasteiger partial charge in [-0.2, -0.15) is 0 Å². The number of hydrogen-bond acceptors (Lipinski definition) is 4. The van der Waals surface area contributed by atoms with E-state index in [1.54, 1.807) is 19.1 Å². The number of aryl methyl sites for hydroxylation is 1. The Morgan fingerprint density at radius 1 is 1.00 bits per heavy atom. The molecule has 0 aliphatic heterocycles. The summed E-state index contributed by atoms with van der Waals surface area (Å²) >= 11 is 0. The number of nitrogens with one attached hydrogen (secondary N) is 1. The third-order valence-electron chi connectivity index (χ3n) is 5.51. The number of para-hydroxylation sites is 1. The Hall–Kier alpha value is -2.87. The van der Waals surface area contributed by atoms with Crippen LogP contribution in [0.2, 0.25) is 0 Å². The molecule has 0 aliphatic carbocycles. The lowest BCUT2D eigenvalue weighted by Gasteiger charge is -2.32. The van der Waals surface area contributed by atoms with Crippen LogP contribution in [0.3, 0.4) is 0 Å². The standard InChI is InChI=1S/C25H35N3O4S/c1-5-7-17-26-25(30)20(3)27(18-21-13-9-8-10-14-21)24(29)19-28(33(4,31)32)23-16-12-11-15-22(23)6-2/h8-16,20H,5-7,17-19H2,1-4H3,(H,26,30). The van der Waals surface area contributed by atoms with Gasteiger partial charge in [0.15, 0.2) is 0 Å². The van der Waals surface area contributed by atoms with Crippen molar-refractivity contribution in [1.29, 1.82) is 0 Å². The van der Waals surface area contributed by atoms with E-state index in [0.717, 1.165) is 34.5 Å². The average molecular weight is 474 g/mol. The van der Waals surface area contributed by atoms with Gasteiger partial charge < -0.3 is 10.2 Å². The summed E-state index contributed by atoms with van der Waals surface area (Å²) in [6.45, 7) is 6.00. The molecule has 8 heteroatoms. The number of hydrogen-bond donors (Lipinski definition) is 1. The van der Waals surface area contributed by atoms with Crippen LogP contribution in [0.15, 0.2) is 54.6 Å². The first kappa shape index (κ1) is 26.4. The number of amides is 2. The molecule has 0 aliphatic rings. The molecule has 0 spiro atoms.